The molecule has 3 aromatic rings. The number of likely N-dealkylation sites (tertiary alicyclic amines) is 1. The van der Waals surface area contributed by atoms with Crippen LogP contribution in [0.2, 0.25) is 0 Å². The van der Waals surface area contributed by atoms with Gasteiger partial charge in [0.2, 0.25) is 0 Å². The number of sulfonamides is 1. The van der Waals surface area contributed by atoms with E-state index in [4.69, 9.17) is 9.90 Å². The molecule has 176 valence electrons. The molecule has 0 saturated carbocycles. The highest BCUT2D eigenvalue weighted by molar-refractivity contribution is 7.92. The Labute approximate surface area is 196 Å². The molecule has 0 amide bonds. The van der Waals surface area contributed by atoms with Crippen molar-refractivity contribution in [3.05, 3.63) is 70.3 Å². The Morgan fingerprint density at radius 2 is 2.03 bits per heavy atom. The molecule has 1 unspecified atom stereocenters. The van der Waals surface area contributed by atoms with Gasteiger partial charge in [0, 0.05) is 36.7 Å². The van der Waals surface area contributed by atoms with Gasteiger partial charge in [-0.05, 0) is 36.6 Å². The summed E-state index contributed by atoms with van der Waals surface area (Å²) < 4.78 is 42.1. The number of thiazole rings is 1. The monoisotopic (exact) mass is 492 g/mol. The van der Waals surface area contributed by atoms with Crippen LogP contribution in [-0.4, -0.2) is 49.0 Å². The zero-order valence-electron chi connectivity index (χ0n) is 17.9. The van der Waals surface area contributed by atoms with Crippen LogP contribution in [0.1, 0.15) is 17.5 Å². The molecule has 8 nitrogen and oxygen atoms in total. The number of aryl methyl sites for hydroxylation is 1. The Hall–Kier alpha value is -3.02. The summed E-state index contributed by atoms with van der Waals surface area (Å²) in [5.74, 6) is -0.603. The Balaban J connectivity index is 0.000000968. The van der Waals surface area contributed by atoms with E-state index >= 15 is 0 Å². The first kappa shape index (κ1) is 24.6. The van der Waals surface area contributed by atoms with Crippen LogP contribution in [0.15, 0.2) is 58.3 Å². The number of carbonyl (C=O) groups is 1. The predicted molar refractivity (Wildman–Crippen MR) is 126 cm³/mol. The van der Waals surface area contributed by atoms with Gasteiger partial charge in [0.15, 0.2) is 5.82 Å². The number of aromatic nitrogens is 1. The third kappa shape index (κ3) is 6.73. The highest BCUT2D eigenvalue weighted by atomic mass is 32.2. The fourth-order valence-electron chi connectivity index (χ4n) is 3.63. The molecule has 0 aliphatic carbocycles. The van der Waals surface area contributed by atoms with Crippen LogP contribution in [0.4, 0.5) is 15.9 Å². The molecule has 0 bridgehead atoms. The van der Waals surface area contributed by atoms with E-state index < -0.39 is 15.8 Å². The van der Waals surface area contributed by atoms with Crippen LogP contribution in [0.3, 0.4) is 0 Å². The zero-order chi connectivity index (χ0) is 23.8. The number of nitrogens with zero attached hydrogens (tertiary/aromatic N) is 2. The second kappa shape index (κ2) is 11.2. The quantitative estimate of drug-likeness (QED) is 0.431. The molecule has 1 aliphatic heterocycles. The molecule has 2 heterocycles. The topological polar surface area (TPSA) is 112 Å². The van der Waals surface area contributed by atoms with Crippen molar-refractivity contribution in [2.45, 2.75) is 30.8 Å². The average molecular weight is 493 g/mol. The van der Waals surface area contributed by atoms with Crippen LogP contribution in [0, 0.1) is 12.7 Å². The minimum absolute atomic E-state index is 0.183. The molecule has 11 heteroatoms. The van der Waals surface area contributed by atoms with Crippen LogP contribution in [0.5, 0.6) is 0 Å². The number of rotatable bonds is 7. The Kier molecular flexibility index (Phi) is 8.37. The number of hydrogen-bond acceptors (Lipinski definition) is 7. The summed E-state index contributed by atoms with van der Waals surface area (Å²) in [4.78, 5) is 14.2. The smallest absolute Gasteiger partial charge is 0.290 e. The molecule has 3 N–H and O–H groups in total. The van der Waals surface area contributed by atoms with Crippen LogP contribution in [0.25, 0.3) is 0 Å². The van der Waals surface area contributed by atoms with Crippen LogP contribution < -0.4 is 10.0 Å². The van der Waals surface area contributed by atoms with Gasteiger partial charge in [-0.3, -0.25) is 14.4 Å². The molecule has 0 spiro atoms. The molecule has 0 radical (unpaired) electrons. The molecule has 1 aliphatic rings. The van der Waals surface area contributed by atoms with Gasteiger partial charge in [0.1, 0.15) is 10.7 Å². The Morgan fingerprint density at radius 1 is 1.30 bits per heavy atom. The highest BCUT2D eigenvalue weighted by Crippen LogP contribution is 2.27. The van der Waals surface area contributed by atoms with Gasteiger partial charge < -0.3 is 10.4 Å². The molecule has 4 rings (SSSR count). The molecular formula is C22H25FN4O4S2. The van der Waals surface area contributed by atoms with Crippen molar-refractivity contribution >= 4 is 39.3 Å². The Bertz CT molecular complexity index is 1160. The van der Waals surface area contributed by atoms with Crippen molar-refractivity contribution in [1.82, 2.24) is 9.88 Å². The molecular weight excluding hydrogens is 467 g/mol. The fourth-order valence-corrected chi connectivity index (χ4v) is 5.33. The first-order valence-electron chi connectivity index (χ1n) is 10.1. The SMILES string of the molecule is Cc1cc(S(=O)(=O)Nc2cscn2)c(F)cc1NC1CCN(Cc2ccccc2)C1.O=CO. The third-order valence-corrected chi connectivity index (χ3v) is 7.08. The first-order chi connectivity index (χ1) is 15.8. The minimum Gasteiger partial charge on any atom is -0.483 e. The van der Waals surface area contributed by atoms with Gasteiger partial charge in [-0.1, -0.05) is 30.3 Å². The maximum atomic E-state index is 14.7. The Morgan fingerprint density at radius 3 is 2.70 bits per heavy atom. The zero-order valence-corrected chi connectivity index (χ0v) is 19.6. The lowest BCUT2D eigenvalue weighted by Crippen LogP contribution is -2.26. The average Bonchev–Trinajstić information content (AvgIpc) is 3.43. The molecule has 1 saturated heterocycles. The summed E-state index contributed by atoms with van der Waals surface area (Å²) in [5.41, 5.74) is 4.07. The van der Waals surface area contributed by atoms with Crippen LogP contribution in [-0.2, 0) is 21.4 Å². The summed E-state index contributed by atoms with van der Waals surface area (Å²) in [6.07, 6.45) is 0.944. The van der Waals surface area contributed by atoms with Crippen molar-refractivity contribution in [3.8, 4) is 0 Å². The van der Waals surface area contributed by atoms with E-state index in [2.05, 4.69) is 32.1 Å². The van der Waals surface area contributed by atoms with Gasteiger partial charge >= 0.3 is 0 Å². The van der Waals surface area contributed by atoms with Crippen molar-refractivity contribution < 1.29 is 22.7 Å². The number of carboxylic acid groups (broad SMARTS) is 1. The summed E-state index contributed by atoms with van der Waals surface area (Å²) in [7, 11) is -4.04. The summed E-state index contributed by atoms with van der Waals surface area (Å²) in [5, 5.41) is 11.8. The van der Waals surface area contributed by atoms with Gasteiger partial charge in [0.25, 0.3) is 16.5 Å². The van der Waals surface area contributed by atoms with Crippen LogP contribution >= 0.6 is 11.3 Å². The second-order valence-corrected chi connectivity index (χ2v) is 9.90. The number of nitrogens with one attached hydrogen (secondary N) is 2. The summed E-state index contributed by atoms with van der Waals surface area (Å²) in [6, 6.07) is 13.1. The maximum Gasteiger partial charge on any atom is 0.290 e. The standard InChI is InChI=1S/C21H23FN4O2S2.CH2O2/c1-15-9-20(30(27,28)25-21-13-29-14-23-21)18(22)10-19(15)24-17-7-8-26(12-17)11-16-5-3-2-4-6-16;2-1-3/h2-6,9-10,13-14,17,24-25H,7-8,11-12H2,1H3;1H,(H,2,3). The largest absolute Gasteiger partial charge is 0.483 e. The van der Waals surface area contributed by atoms with Gasteiger partial charge in [-0.25, -0.2) is 17.8 Å². The predicted octanol–water partition coefficient (Wildman–Crippen LogP) is 3.78. The summed E-state index contributed by atoms with van der Waals surface area (Å²) >= 11 is 1.26. The van der Waals surface area contributed by atoms with E-state index in [1.165, 1.54) is 34.5 Å². The first-order valence-corrected chi connectivity index (χ1v) is 12.6. The number of halogens is 1. The molecule has 33 heavy (non-hydrogen) atoms. The lowest BCUT2D eigenvalue weighted by Gasteiger charge is -2.19. The minimum atomic E-state index is -4.04. The van der Waals surface area contributed by atoms with Crippen molar-refractivity contribution in [3.63, 3.8) is 0 Å². The van der Waals surface area contributed by atoms with E-state index in [0.717, 1.165) is 26.1 Å². The van der Waals surface area contributed by atoms with E-state index in [0.29, 0.717) is 11.3 Å². The maximum absolute atomic E-state index is 14.7. The second-order valence-electron chi connectivity index (χ2n) is 7.53. The number of benzene rings is 2. The van der Waals surface area contributed by atoms with Crippen molar-refractivity contribution in [2.24, 2.45) is 0 Å². The summed E-state index contributed by atoms with van der Waals surface area (Å²) in [6.45, 7) is 4.21. The van der Waals surface area contributed by atoms with E-state index in [1.54, 1.807) is 12.3 Å². The number of hydrogen-bond donors (Lipinski definition) is 3. The fraction of sp³-hybridized carbons (Fsp3) is 0.273. The van der Waals surface area contributed by atoms with E-state index in [1.807, 2.05) is 18.2 Å². The highest BCUT2D eigenvalue weighted by Gasteiger charge is 2.25. The van der Waals surface area contributed by atoms with Crippen molar-refractivity contribution in [1.29, 1.82) is 0 Å². The normalized spacial score (nSPS) is 16.0. The third-order valence-electron chi connectivity index (χ3n) is 5.12. The molecule has 1 atom stereocenters. The number of anilines is 2. The van der Waals surface area contributed by atoms with Crippen molar-refractivity contribution in [2.75, 3.05) is 23.1 Å². The van der Waals surface area contributed by atoms with Gasteiger partial charge in [-0.2, -0.15) is 0 Å². The van der Waals surface area contributed by atoms with E-state index in [9.17, 15) is 12.8 Å². The lowest BCUT2D eigenvalue weighted by molar-refractivity contribution is -0.122. The van der Waals surface area contributed by atoms with E-state index in [-0.39, 0.29) is 23.2 Å². The molecule has 1 aromatic heterocycles. The lowest BCUT2D eigenvalue weighted by atomic mass is 10.1. The molecule has 2 aromatic carbocycles. The van der Waals surface area contributed by atoms with Gasteiger partial charge in [-0.15, -0.1) is 11.3 Å². The molecule has 1 fully saturated rings. The van der Waals surface area contributed by atoms with Gasteiger partial charge in [0.05, 0.1) is 5.51 Å².